The van der Waals surface area contributed by atoms with Gasteiger partial charge in [0.15, 0.2) is 0 Å². The maximum Gasteiger partial charge on any atom is 0.0383 e. The molecule has 0 saturated heterocycles. The van der Waals surface area contributed by atoms with Crippen LogP contribution in [0.3, 0.4) is 0 Å². The summed E-state index contributed by atoms with van der Waals surface area (Å²) in [7, 11) is 0. The van der Waals surface area contributed by atoms with Gasteiger partial charge in [0.25, 0.3) is 0 Å². The van der Waals surface area contributed by atoms with E-state index in [0.29, 0.717) is 0 Å². The van der Waals surface area contributed by atoms with Crippen molar-refractivity contribution in [1.29, 1.82) is 0 Å². The topological polar surface area (TPSA) is 120 Å². The molecule has 0 saturated carbocycles. The van der Waals surface area contributed by atoms with Crippen LogP contribution in [0, 0.1) is 6.42 Å². The Hall–Kier alpha value is -1.41. The van der Waals surface area contributed by atoms with Gasteiger partial charge in [0.2, 0.25) is 0 Å². The van der Waals surface area contributed by atoms with Crippen molar-refractivity contribution in [2.24, 2.45) is 0 Å². The van der Waals surface area contributed by atoms with Crippen LogP contribution in [0.2, 0.25) is 0 Å². The summed E-state index contributed by atoms with van der Waals surface area (Å²) >= 11 is 0. The van der Waals surface area contributed by atoms with Gasteiger partial charge in [-0.1, -0.05) is 11.6 Å². The van der Waals surface area contributed by atoms with E-state index in [9.17, 15) is 0 Å². The van der Waals surface area contributed by atoms with Gasteiger partial charge in [-0.3, -0.25) is 0 Å². The molecule has 0 fully saturated rings. The second kappa shape index (κ2) is 19.9. The van der Waals surface area contributed by atoms with Crippen LogP contribution in [0.25, 0.3) is 0 Å². The van der Waals surface area contributed by atoms with Crippen LogP contribution in [0.5, 0.6) is 0 Å². The van der Waals surface area contributed by atoms with Crippen LogP contribution in [0.1, 0.15) is 27.7 Å². The number of carbonyl (C=O) groups is 3. The summed E-state index contributed by atoms with van der Waals surface area (Å²) in [6, 6.07) is 0. The molecule has 1 aliphatic rings. The molecular formula is C13H16O6Pb-3. The number of allylic oxidation sites excluding steroid dienone is 3. The first kappa shape index (κ1) is 27.0. The van der Waals surface area contributed by atoms with Crippen molar-refractivity contribution in [3.63, 3.8) is 0 Å². The maximum absolute atomic E-state index is 8.89. The zero-order valence-electron chi connectivity index (χ0n) is 11.8. The first-order chi connectivity index (χ1) is 8.59. The summed E-state index contributed by atoms with van der Waals surface area (Å²) < 4.78 is 0. The predicted octanol–water partition coefficient (Wildman–Crippen LogP) is -2.25. The Balaban J connectivity index is -0.0000000881. The SMILES string of the molecule is CC(=O)[O-].CC(=O)[O-].CC(=O)[O-].CC1=CC=C=C[CH]1.[Pb]. The fourth-order valence-corrected chi connectivity index (χ4v) is 0.470. The third-order valence-corrected chi connectivity index (χ3v) is 0.885. The monoisotopic (exact) mass is 476 g/mol. The molecule has 0 atom stereocenters. The molecule has 0 unspecified atom stereocenters. The number of aliphatic carboxylic acids is 3. The largest absolute Gasteiger partial charge is 0.550 e. The Morgan fingerprint density at radius 2 is 1.20 bits per heavy atom. The van der Waals surface area contributed by atoms with Gasteiger partial charge in [-0.25, -0.2) is 0 Å². The molecule has 0 aromatic carbocycles. The number of carbonyl (C=O) groups excluding carboxylic acids is 3. The van der Waals surface area contributed by atoms with Crippen molar-refractivity contribution in [1.82, 2.24) is 0 Å². The first-order valence-electron chi connectivity index (χ1n) is 5.05. The molecule has 0 N–H and O–H groups in total. The van der Waals surface area contributed by atoms with Crippen LogP contribution in [0.4, 0.5) is 0 Å². The summed E-state index contributed by atoms with van der Waals surface area (Å²) in [6.07, 6.45) is 7.88. The van der Waals surface area contributed by atoms with E-state index in [1.165, 1.54) is 5.57 Å². The van der Waals surface area contributed by atoms with Crippen LogP contribution in [0.15, 0.2) is 29.5 Å². The van der Waals surface area contributed by atoms with Crippen molar-refractivity contribution in [3.8, 4) is 0 Å². The maximum atomic E-state index is 8.89. The molecule has 0 bridgehead atoms. The minimum Gasteiger partial charge on any atom is -0.550 e. The Labute approximate surface area is 138 Å². The molecule has 0 aromatic heterocycles. The van der Waals surface area contributed by atoms with Crippen LogP contribution >= 0.6 is 0 Å². The number of carboxylic acids is 3. The second-order valence-corrected chi connectivity index (χ2v) is 3.05. The first-order valence-corrected chi connectivity index (χ1v) is 5.05. The van der Waals surface area contributed by atoms with Gasteiger partial charge in [0.1, 0.15) is 0 Å². The summed E-state index contributed by atoms with van der Waals surface area (Å²) in [5, 5.41) is 26.7. The van der Waals surface area contributed by atoms with E-state index < -0.39 is 17.9 Å². The molecule has 6 nitrogen and oxygen atoms in total. The quantitative estimate of drug-likeness (QED) is 0.288. The summed E-state index contributed by atoms with van der Waals surface area (Å²) in [5.74, 6) is -3.25. The molecule has 111 valence electrons. The van der Waals surface area contributed by atoms with Gasteiger partial charge >= 0.3 is 0 Å². The summed E-state index contributed by atoms with van der Waals surface area (Å²) in [5.41, 5.74) is 4.22. The average Bonchev–Trinajstić information content (AvgIpc) is 2.15. The molecule has 1 aliphatic carbocycles. The molecule has 7 heteroatoms. The Morgan fingerprint density at radius 1 is 0.900 bits per heavy atom. The fraction of sp³-hybridized carbons (Fsp3) is 0.308. The Kier molecular flexibility index (Phi) is 26.9. The summed E-state index contributed by atoms with van der Waals surface area (Å²) in [6.45, 7) is 4.98. The van der Waals surface area contributed by atoms with E-state index in [1.807, 2.05) is 24.6 Å². The van der Waals surface area contributed by atoms with Crippen molar-refractivity contribution in [3.05, 3.63) is 36.0 Å². The standard InChI is InChI=1S/C7H7.3C2H4O2.Pb/c1-7-5-3-2-4-6-7;3*1-2(3)4;/h3-6H,1H3;3*1H3,(H,3,4);/p-3. The molecule has 0 amide bonds. The normalized spacial score (nSPS) is 9.70. The fourth-order valence-electron chi connectivity index (χ4n) is 0.470. The van der Waals surface area contributed by atoms with E-state index in [0.717, 1.165) is 20.8 Å². The number of carboxylic acid groups (broad SMARTS) is 3. The summed E-state index contributed by atoms with van der Waals surface area (Å²) in [4.78, 5) is 26.7. The molecule has 0 aromatic rings. The van der Waals surface area contributed by atoms with Gasteiger partial charge in [0, 0.05) is 51.6 Å². The van der Waals surface area contributed by atoms with E-state index >= 15 is 0 Å². The van der Waals surface area contributed by atoms with Gasteiger partial charge in [-0.15, -0.1) is 5.73 Å². The van der Waals surface area contributed by atoms with Crippen molar-refractivity contribution in [2.75, 3.05) is 0 Å². The average molecular weight is 475 g/mol. The predicted molar refractivity (Wildman–Crippen MR) is 68.5 cm³/mol. The molecule has 20 heavy (non-hydrogen) atoms. The molecule has 0 heterocycles. The van der Waals surface area contributed by atoms with Crippen LogP contribution in [-0.2, 0) is 14.4 Å². The van der Waals surface area contributed by atoms with E-state index in [4.69, 9.17) is 29.7 Å². The van der Waals surface area contributed by atoms with Crippen LogP contribution < -0.4 is 15.3 Å². The van der Waals surface area contributed by atoms with E-state index in [2.05, 4.69) is 12.7 Å². The minimum absolute atomic E-state index is 0. The number of hydrogen-bond acceptors (Lipinski definition) is 6. The van der Waals surface area contributed by atoms with Gasteiger partial charge in [0.05, 0.1) is 0 Å². The molecule has 0 aliphatic heterocycles. The Bertz CT molecular complexity index is 338. The molecule has 1 rings (SSSR count). The molecular weight excluding hydrogens is 459 g/mol. The smallest absolute Gasteiger partial charge is 0.0383 e. The van der Waals surface area contributed by atoms with Gasteiger partial charge < -0.3 is 29.7 Å². The van der Waals surface area contributed by atoms with Crippen LogP contribution in [-0.4, -0.2) is 45.2 Å². The number of hydrogen-bond donors (Lipinski definition) is 0. The third-order valence-electron chi connectivity index (χ3n) is 0.885. The van der Waals surface area contributed by atoms with E-state index in [1.54, 1.807) is 0 Å². The third kappa shape index (κ3) is 92.8. The minimum atomic E-state index is -1.08. The zero-order chi connectivity index (χ0) is 15.8. The second-order valence-electron chi connectivity index (χ2n) is 3.05. The van der Waals surface area contributed by atoms with Gasteiger partial charge in [-0.2, -0.15) is 0 Å². The molecule has 5 radical (unpaired) electrons. The van der Waals surface area contributed by atoms with Crippen molar-refractivity contribution >= 4 is 45.2 Å². The number of rotatable bonds is 0. The Morgan fingerprint density at radius 3 is 1.30 bits per heavy atom. The zero-order valence-corrected chi connectivity index (χ0v) is 15.6. The van der Waals surface area contributed by atoms with Gasteiger partial charge in [-0.05, 0) is 39.8 Å². The molecule has 0 spiro atoms. The van der Waals surface area contributed by atoms with Crippen molar-refractivity contribution in [2.45, 2.75) is 27.7 Å². The van der Waals surface area contributed by atoms with Crippen molar-refractivity contribution < 1.29 is 29.7 Å². The van der Waals surface area contributed by atoms with E-state index in [-0.39, 0.29) is 27.3 Å².